The van der Waals surface area contributed by atoms with Crippen LogP contribution in [0.4, 0.5) is 11.8 Å². The number of anilines is 2. The molecule has 3 heterocycles. The molecule has 9 heteroatoms. The molecule has 2 aromatic heterocycles. The van der Waals surface area contributed by atoms with Crippen LogP contribution in [0.25, 0.3) is 0 Å². The van der Waals surface area contributed by atoms with Crippen molar-refractivity contribution < 1.29 is 8.42 Å². The molecule has 8 nitrogen and oxygen atoms in total. The molecule has 31 heavy (non-hydrogen) atoms. The second-order valence-corrected chi connectivity index (χ2v) is 9.86. The molecule has 0 radical (unpaired) electrons. The fourth-order valence-electron chi connectivity index (χ4n) is 3.84. The van der Waals surface area contributed by atoms with E-state index in [4.69, 9.17) is 0 Å². The van der Waals surface area contributed by atoms with Gasteiger partial charge in [0.25, 0.3) is 0 Å². The minimum atomic E-state index is -3.49. The lowest BCUT2D eigenvalue weighted by atomic mass is 10.2. The lowest BCUT2D eigenvalue weighted by Crippen LogP contribution is -2.32. The maximum atomic E-state index is 13.2. The average Bonchev–Trinajstić information content (AvgIpc) is 3.20. The van der Waals surface area contributed by atoms with Gasteiger partial charge in [-0.05, 0) is 45.2 Å². The van der Waals surface area contributed by atoms with E-state index in [0.717, 1.165) is 28.9 Å². The van der Waals surface area contributed by atoms with Crippen molar-refractivity contribution in [3.8, 4) is 0 Å². The number of rotatable bonds is 6. The van der Waals surface area contributed by atoms with Gasteiger partial charge in [0.2, 0.25) is 16.0 Å². The summed E-state index contributed by atoms with van der Waals surface area (Å²) in [7, 11) is -3.49. The van der Waals surface area contributed by atoms with Gasteiger partial charge in [-0.15, -0.1) is 0 Å². The molecule has 0 spiro atoms. The SMILES string of the molecule is Cc1ccc(CS(=O)(=O)N2CCCC2c2cncc(Nc3nc(C)cc(C)n3)n2)cc1. The highest BCUT2D eigenvalue weighted by Gasteiger charge is 2.36. The Morgan fingerprint density at radius 2 is 1.74 bits per heavy atom. The summed E-state index contributed by atoms with van der Waals surface area (Å²) >= 11 is 0. The molecule has 1 fully saturated rings. The van der Waals surface area contributed by atoms with Crippen LogP contribution in [0.1, 0.15) is 47.1 Å². The van der Waals surface area contributed by atoms with E-state index in [0.29, 0.717) is 30.4 Å². The predicted octanol–water partition coefficient (Wildman–Crippen LogP) is 3.60. The first-order valence-electron chi connectivity index (χ1n) is 10.3. The van der Waals surface area contributed by atoms with Crippen molar-refractivity contribution in [2.75, 3.05) is 11.9 Å². The lowest BCUT2D eigenvalue weighted by molar-refractivity contribution is 0.389. The summed E-state index contributed by atoms with van der Waals surface area (Å²) in [5.41, 5.74) is 4.21. The smallest absolute Gasteiger partial charge is 0.228 e. The van der Waals surface area contributed by atoms with E-state index in [9.17, 15) is 8.42 Å². The Morgan fingerprint density at radius 3 is 2.45 bits per heavy atom. The third-order valence-electron chi connectivity index (χ3n) is 5.25. The van der Waals surface area contributed by atoms with Crippen LogP contribution in [0.15, 0.2) is 42.7 Å². The molecule has 1 aromatic carbocycles. The van der Waals surface area contributed by atoms with Gasteiger partial charge in [-0.3, -0.25) is 4.98 Å². The van der Waals surface area contributed by atoms with Crippen molar-refractivity contribution in [2.45, 2.75) is 45.4 Å². The maximum Gasteiger partial charge on any atom is 0.228 e. The van der Waals surface area contributed by atoms with Crippen molar-refractivity contribution in [1.82, 2.24) is 24.2 Å². The molecule has 1 atom stereocenters. The molecule has 0 saturated carbocycles. The maximum absolute atomic E-state index is 13.2. The largest absolute Gasteiger partial charge is 0.307 e. The summed E-state index contributed by atoms with van der Waals surface area (Å²) in [6.45, 7) is 6.27. The van der Waals surface area contributed by atoms with Crippen LogP contribution in [0, 0.1) is 20.8 Å². The van der Waals surface area contributed by atoms with Crippen molar-refractivity contribution in [3.05, 3.63) is 70.9 Å². The summed E-state index contributed by atoms with van der Waals surface area (Å²) in [4.78, 5) is 17.6. The Bertz CT molecular complexity index is 1160. The minimum absolute atomic E-state index is 0.0223. The number of nitrogens with one attached hydrogen (secondary N) is 1. The Kier molecular flexibility index (Phi) is 5.97. The number of hydrogen-bond donors (Lipinski definition) is 1. The molecule has 1 aliphatic rings. The molecule has 1 N–H and O–H groups in total. The van der Waals surface area contributed by atoms with Crippen LogP contribution in [-0.2, 0) is 15.8 Å². The molecule has 3 aromatic rings. The van der Waals surface area contributed by atoms with E-state index >= 15 is 0 Å². The average molecular weight is 439 g/mol. The first-order chi connectivity index (χ1) is 14.8. The highest BCUT2D eigenvalue weighted by Crippen LogP contribution is 2.34. The molecule has 0 bridgehead atoms. The summed E-state index contributed by atoms with van der Waals surface area (Å²) in [5, 5.41) is 3.08. The minimum Gasteiger partial charge on any atom is -0.307 e. The molecule has 1 unspecified atom stereocenters. The zero-order chi connectivity index (χ0) is 22.0. The highest BCUT2D eigenvalue weighted by molar-refractivity contribution is 7.88. The molecule has 1 aliphatic heterocycles. The molecule has 162 valence electrons. The van der Waals surface area contributed by atoms with E-state index in [1.54, 1.807) is 16.7 Å². The van der Waals surface area contributed by atoms with E-state index in [1.165, 1.54) is 0 Å². The first-order valence-corrected chi connectivity index (χ1v) is 11.9. The van der Waals surface area contributed by atoms with Crippen LogP contribution >= 0.6 is 0 Å². The Balaban J connectivity index is 1.55. The zero-order valence-electron chi connectivity index (χ0n) is 17.9. The highest BCUT2D eigenvalue weighted by atomic mass is 32.2. The number of nitrogens with zero attached hydrogens (tertiary/aromatic N) is 5. The van der Waals surface area contributed by atoms with Crippen LogP contribution in [0.5, 0.6) is 0 Å². The van der Waals surface area contributed by atoms with Gasteiger partial charge in [0.05, 0.1) is 29.9 Å². The summed E-state index contributed by atoms with van der Waals surface area (Å²) in [5.74, 6) is 0.912. The molecule has 4 rings (SSSR count). The Hall–Kier alpha value is -2.91. The van der Waals surface area contributed by atoms with E-state index in [1.807, 2.05) is 51.1 Å². The van der Waals surface area contributed by atoms with Crippen molar-refractivity contribution in [1.29, 1.82) is 0 Å². The monoisotopic (exact) mass is 438 g/mol. The predicted molar refractivity (Wildman–Crippen MR) is 119 cm³/mol. The number of sulfonamides is 1. The van der Waals surface area contributed by atoms with Gasteiger partial charge < -0.3 is 5.32 Å². The normalized spacial score (nSPS) is 17.1. The van der Waals surface area contributed by atoms with Crippen LogP contribution in [-0.4, -0.2) is 39.2 Å². The van der Waals surface area contributed by atoms with Crippen LogP contribution in [0.3, 0.4) is 0 Å². The van der Waals surface area contributed by atoms with Gasteiger partial charge in [0.15, 0.2) is 5.82 Å². The van der Waals surface area contributed by atoms with E-state index in [2.05, 4.69) is 25.3 Å². The fourth-order valence-corrected chi connectivity index (χ4v) is 5.63. The topological polar surface area (TPSA) is 101 Å². The molecule has 0 amide bonds. The third kappa shape index (κ3) is 5.05. The molecular weight excluding hydrogens is 412 g/mol. The second kappa shape index (κ2) is 8.68. The zero-order valence-corrected chi connectivity index (χ0v) is 18.7. The fraction of sp³-hybridized carbons (Fsp3) is 0.364. The van der Waals surface area contributed by atoms with Crippen molar-refractivity contribution in [2.24, 2.45) is 0 Å². The number of aromatic nitrogens is 4. The number of aryl methyl sites for hydroxylation is 3. The molecule has 1 saturated heterocycles. The summed E-state index contributed by atoms with van der Waals surface area (Å²) in [6.07, 6.45) is 4.73. The first kappa shape index (κ1) is 21.3. The van der Waals surface area contributed by atoms with Crippen LogP contribution in [0.2, 0.25) is 0 Å². The Morgan fingerprint density at radius 1 is 1.03 bits per heavy atom. The summed E-state index contributed by atoms with van der Waals surface area (Å²) < 4.78 is 27.9. The summed E-state index contributed by atoms with van der Waals surface area (Å²) in [6, 6.07) is 9.16. The molecular formula is C22H26N6O2S. The lowest BCUT2D eigenvalue weighted by Gasteiger charge is -2.24. The van der Waals surface area contributed by atoms with Crippen molar-refractivity contribution in [3.63, 3.8) is 0 Å². The van der Waals surface area contributed by atoms with Crippen molar-refractivity contribution >= 4 is 21.8 Å². The van der Waals surface area contributed by atoms with Gasteiger partial charge in [-0.2, -0.15) is 4.31 Å². The van der Waals surface area contributed by atoms with E-state index < -0.39 is 10.0 Å². The van der Waals surface area contributed by atoms with Gasteiger partial charge in [-0.25, -0.2) is 23.4 Å². The Labute approximate surface area is 182 Å². The molecule has 0 aliphatic carbocycles. The van der Waals surface area contributed by atoms with Gasteiger partial charge in [0.1, 0.15) is 0 Å². The van der Waals surface area contributed by atoms with Gasteiger partial charge >= 0.3 is 0 Å². The second-order valence-electron chi connectivity index (χ2n) is 7.94. The van der Waals surface area contributed by atoms with Gasteiger partial charge in [0, 0.05) is 17.9 Å². The quantitative estimate of drug-likeness (QED) is 0.627. The van der Waals surface area contributed by atoms with Crippen LogP contribution < -0.4 is 5.32 Å². The number of benzene rings is 1. The standard InChI is InChI=1S/C22H26N6O2S/c1-15-6-8-18(9-7-15)14-31(29,30)28-10-4-5-20(28)19-12-23-13-21(26-19)27-22-24-16(2)11-17(3)25-22/h6-9,11-13,20H,4-5,10,14H2,1-3H3,(H,24,25,26,27). The third-order valence-corrected chi connectivity index (χ3v) is 7.10. The number of hydrogen-bond acceptors (Lipinski definition) is 7. The van der Waals surface area contributed by atoms with Gasteiger partial charge in [-0.1, -0.05) is 29.8 Å². The van der Waals surface area contributed by atoms with E-state index in [-0.39, 0.29) is 11.8 Å².